The van der Waals surface area contributed by atoms with Crippen LogP contribution >= 0.6 is 22.6 Å². The fraction of sp³-hybridized carbons (Fsp3) is 0.455. The molecule has 1 aromatic rings. The Hall–Kier alpha value is -0.890. The molecule has 0 aliphatic carbocycles. The van der Waals surface area contributed by atoms with E-state index >= 15 is 0 Å². The smallest absolute Gasteiger partial charge is 0.270 e. The molecule has 0 aliphatic heterocycles. The zero-order chi connectivity index (χ0) is 12.8. The molecular weight excluding hydrogens is 333 g/mol. The van der Waals surface area contributed by atoms with E-state index in [-0.39, 0.29) is 10.6 Å². The van der Waals surface area contributed by atoms with Gasteiger partial charge in [0, 0.05) is 27.9 Å². The lowest BCUT2D eigenvalue weighted by molar-refractivity contribution is -0.384. The van der Waals surface area contributed by atoms with Crippen molar-refractivity contribution in [2.24, 2.45) is 0 Å². The Morgan fingerprint density at radius 1 is 1.47 bits per heavy atom. The Kier molecular flexibility index (Phi) is 5.63. The summed E-state index contributed by atoms with van der Waals surface area (Å²) in [7, 11) is 4.07. The fourth-order valence-corrected chi connectivity index (χ4v) is 2.07. The average Bonchev–Trinajstić information content (AvgIpc) is 2.25. The lowest BCUT2D eigenvalue weighted by Crippen LogP contribution is -2.16. The van der Waals surface area contributed by atoms with Crippen molar-refractivity contribution in [3.05, 3.63) is 31.9 Å². The van der Waals surface area contributed by atoms with Crippen LogP contribution in [0.1, 0.15) is 6.42 Å². The summed E-state index contributed by atoms with van der Waals surface area (Å²) in [4.78, 5) is 12.3. The number of halogens is 1. The minimum absolute atomic E-state index is 0.133. The summed E-state index contributed by atoms with van der Waals surface area (Å²) in [5.41, 5.74) is 1.09. The topological polar surface area (TPSA) is 58.4 Å². The molecule has 17 heavy (non-hydrogen) atoms. The number of non-ortho nitro benzene ring substituents is 1. The van der Waals surface area contributed by atoms with Crippen LogP contribution in [-0.2, 0) is 0 Å². The van der Waals surface area contributed by atoms with Gasteiger partial charge in [0.15, 0.2) is 0 Å². The lowest BCUT2D eigenvalue weighted by atomic mass is 10.3. The maximum absolute atomic E-state index is 10.6. The third-order valence-corrected chi connectivity index (χ3v) is 3.15. The molecule has 1 N–H and O–H groups in total. The van der Waals surface area contributed by atoms with Crippen molar-refractivity contribution in [3.8, 4) is 0 Å². The average molecular weight is 349 g/mol. The van der Waals surface area contributed by atoms with Gasteiger partial charge in [0.25, 0.3) is 5.69 Å². The molecule has 0 saturated carbocycles. The van der Waals surface area contributed by atoms with E-state index in [0.717, 1.165) is 28.8 Å². The maximum Gasteiger partial charge on any atom is 0.270 e. The Bertz CT molecular complexity index is 396. The molecule has 0 unspecified atom stereocenters. The van der Waals surface area contributed by atoms with E-state index in [1.807, 2.05) is 14.1 Å². The molecule has 5 nitrogen and oxygen atoms in total. The quantitative estimate of drug-likeness (QED) is 0.371. The van der Waals surface area contributed by atoms with E-state index < -0.39 is 0 Å². The highest BCUT2D eigenvalue weighted by molar-refractivity contribution is 14.1. The van der Waals surface area contributed by atoms with Crippen molar-refractivity contribution in [3.63, 3.8) is 0 Å². The number of anilines is 1. The van der Waals surface area contributed by atoms with Gasteiger partial charge in [-0.3, -0.25) is 10.1 Å². The van der Waals surface area contributed by atoms with Gasteiger partial charge in [0.05, 0.1) is 4.92 Å². The second-order valence-electron chi connectivity index (χ2n) is 4.00. The van der Waals surface area contributed by atoms with Crippen LogP contribution in [0.25, 0.3) is 0 Å². The van der Waals surface area contributed by atoms with Gasteiger partial charge in [-0.1, -0.05) is 0 Å². The van der Waals surface area contributed by atoms with Gasteiger partial charge >= 0.3 is 0 Å². The predicted octanol–water partition coefficient (Wildman–Crippen LogP) is 2.56. The summed E-state index contributed by atoms with van der Waals surface area (Å²) in [5.74, 6) is 0. The summed E-state index contributed by atoms with van der Waals surface area (Å²) in [6.45, 7) is 1.89. The van der Waals surface area contributed by atoms with Gasteiger partial charge in [-0.2, -0.15) is 0 Å². The van der Waals surface area contributed by atoms with Crippen molar-refractivity contribution >= 4 is 34.0 Å². The summed E-state index contributed by atoms with van der Waals surface area (Å²) < 4.78 is 0.877. The Labute approximate surface area is 114 Å². The van der Waals surface area contributed by atoms with Gasteiger partial charge in [-0.05, 0) is 55.7 Å². The lowest BCUT2D eigenvalue weighted by Gasteiger charge is -2.11. The number of hydrogen-bond donors (Lipinski definition) is 1. The Morgan fingerprint density at radius 3 is 2.71 bits per heavy atom. The molecule has 0 atom stereocenters. The van der Waals surface area contributed by atoms with Crippen LogP contribution in [0.5, 0.6) is 0 Å². The monoisotopic (exact) mass is 349 g/mol. The molecule has 0 heterocycles. The Balaban J connectivity index is 2.52. The standard InChI is InChI=1S/C11H16IN3O2/c1-14(2)7-3-6-13-11-5-4-9(15(16)17)8-10(11)12/h4-5,8,13H,3,6-7H2,1-2H3. The van der Waals surface area contributed by atoms with Crippen molar-refractivity contribution in [1.29, 1.82) is 0 Å². The third-order valence-electron chi connectivity index (χ3n) is 2.26. The summed E-state index contributed by atoms with van der Waals surface area (Å²) in [5, 5.41) is 13.9. The number of nitrogens with zero attached hydrogens (tertiary/aromatic N) is 2. The second kappa shape index (κ2) is 6.75. The summed E-state index contributed by atoms with van der Waals surface area (Å²) >= 11 is 2.11. The first-order valence-electron chi connectivity index (χ1n) is 5.33. The van der Waals surface area contributed by atoms with Crippen LogP contribution in [-0.4, -0.2) is 37.0 Å². The van der Waals surface area contributed by atoms with Crippen LogP contribution < -0.4 is 5.32 Å². The molecule has 0 radical (unpaired) electrons. The normalized spacial score (nSPS) is 10.6. The fourth-order valence-electron chi connectivity index (χ4n) is 1.38. The molecule has 0 fully saturated rings. The van der Waals surface area contributed by atoms with Crippen molar-refractivity contribution in [2.75, 3.05) is 32.5 Å². The molecular formula is C11H16IN3O2. The molecule has 1 rings (SSSR count). The largest absolute Gasteiger partial charge is 0.384 e. The number of nitro benzene ring substituents is 1. The van der Waals surface area contributed by atoms with E-state index in [0.29, 0.717) is 0 Å². The highest BCUT2D eigenvalue weighted by Crippen LogP contribution is 2.23. The Morgan fingerprint density at radius 2 is 2.18 bits per heavy atom. The number of nitro groups is 1. The van der Waals surface area contributed by atoms with Crippen LogP contribution in [0.3, 0.4) is 0 Å². The van der Waals surface area contributed by atoms with Gasteiger partial charge in [-0.25, -0.2) is 0 Å². The third kappa shape index (κ3) is 4.86. The van der Waals surface area contributed by atoms with Gasteiger partial charge in [-0.15, -0.1) is 0 Å². The van der Waals surface area contributed by atoms with Crippen LogP contribution in [0.15, 0.2) is 18.2 Å². The van der Waals surface area contributed by atoms with Crippen molar-refractivity contribution in [2.45, 2.75) is 6.42 Å². The van der Waals surface area contributed by atoms with E-state index in [9.17, 15) is 10.1 Å². The highest BCUT2D eigenvalue weighted by Gasteiger charge is 2.08. The zero-order valence-electron chi connectivity index (χ0n) is 9.94. The predicted molar refractivity (Wildman–Crippen MR) is 77.5 cm³/mol. The van der Waals surface area contributed by atoms with Crippen molar-refractivity contribution < 1.29 is 4.92 Å². The highest BCUT2D eigenvalue weighted by atomic mass is 127. The first-order valence-corrected chi connectivity index (χ1v) is 6.41. The van der Waals surface area contributed by atoms with Crippen LogP contribution in [0.2, 0.25) is 0 Å². The summed E-state index contributed by atoms with van der Waals surface area (Å²) in [6.07, 6.45) is 1.04. The molecule has 0 spiro atoms. The van der Waals surface area contributed by atoms with E-state index in [1.54, 1.807) is 12.1 Å². The van der Waals surface area contributed by atoms with Crippen LogP contribution in [0.4, 0.5) is 11.4 Å². The molecule has 0 saturated heterocycles. The minimum Gasteiger partial charge on any atom is -0.384 e. The molecule has 0 aliphatic rings. The minimum atomic E-state index is -0.377. The van der Waals surface area contributed by atoms with Gasteiger partial charge < -0.3 is 10.2 Å². The number of nitrogens with one attached hydrogen (secondary N) is 1. The van der Waals surface area contributed by atoms with E-state index in [2.05, 4.69) is 32.8 Å². The van der Waals surface area contributed by atoms with Gasteiger partial charge in [0.2, 0.25) is 0 Å². The van der Waals surface area contributed by atoms with Crippen LogP contribution in [0, 0.1) is 13.7 Å². The number of benzene rings is 1. The maximum atomic E-state index is 10.6. The SMILES string of the molecule is CN(C)CCCNc1ccc([N+](=O)[O-])cc1I. The number of rotatable bonds is 6. The molecule has 1 aromatic carbocycles. The van der Waals surface area contributed by atoms with Crippen molar-refractivity contribution in [1.82, 2.24) is 4.90 Å². The first-order chi connectivity index (χ1) is 8.00. The first kappa shape index (κ1) is 14.2. The van der Waals surface area contributed by atoms with E-state index in [1.165, 1.54) is 6.07 Å². The summed E-state index contributed by atoms with van der Waals surface area (Å²) in [6, 6.07) is 4.86. The second-order valence-corrected chi connectivity index (χ2v) is 5.17. The number of hydrogen-bond acceptors (Lipinski definition) is 4. The molecule has 6 heteroatoms. The molecule has 94 valence electrons. The molecule has 0 bridgehead atoms. The molecule has 0 aromatic heterocycles. The molecule has 0 amide bonds. The van der Waals surface area contributed by atoms with Gasteiger partial charge in [0.1, 0.15) is 0 Å². The van der Waals surface area contributed by atoms with E-state index in [4.69, 9.17) is 0 Å². The zero-order valence-corrected chi connectivity index (χ0v) is 12.1.